The van der Waals surface area contributed by atoms with Crippen LogP contribution in [0.3, 0.4) is 0 Å². The lowest BCUT2D eigenvalue weighted by atomic mass is 9.46. The number of nitrogens with zero attached hydrogens (tertiary/aromatic N) is 5. The molecule has 1 unspecified atom stereocenters. The lowest BCUT2D eigenvalue weighted by Crippen LogP contribution is -2.63. The summed E-state index contributed by atoms with van der Waals surface area (Å²) in [5, 5.41) is 25.9. The molecule has 3 saturated carbocycles. The number of primary amides is 1. The number of rotatable bonds is 28. The Bertz CT molecular complexity index is 2650. The number of aliphatic hydroxyl groups is 1. The van der Waals surface area contributed by atoms with Crippen molar-refractivity contribution >= 4 is 59.0 Å². The van der Waals surface area contributed by atoms with E-state index in [1.807, 2.05) is 19.9 Å². The third-order valence-electron chi connectivity index (χ3n) is 17.3. The summed E-state index contributed by atoms with van der Waals surface area (Å²) in [5.41, 5.74) is 18.7. The zero-order valence-electron chi connectivity index (χ0n) is 48.2. The largest absolute Gasteiger partial charge is 0.445 e. The van der Waals surface area contributed by atoms with Gasteiger partial charge in [-0.05, 0) is 104 Å². The number of nitrogens with one attached hydrogen (secondary N) is 4. The molecule has 0 spiro atoms. The van der Waals surface area contributed by atoms with Crippen molar-refractivity contribution in [2.45, 2.75) is 148 Å². The highest BCUT2D eigenvalue weighted by molar-refractivity contribution is 6.01. The molecular formula is C57H83N11O14. The van der Waals surface area contributed by atoms with Gasteiger partial charge >= 0.3 is 18.2 Å². The number of hydrogen-bond acceptors (Lipinski definition) is 16. The van der Waals surface area contributed by atoms with E-state index in [1.54, 1.807) is 50.3 Å². The summed E-state index contributed by atoms with van der Waals surface area (Å²) in [6, 6.07) is 3.75. The summed E-state index contributed by atoms with van der Waals surface area (Å²) < 4.78 is 24.4. The van der Waals surface area contributed by atoms with Gasteiger partial charge < -0.3 is 66.6 Å². The molecule has 0 aromatic heterocycles. The smallest absolute Gasteiger partial charge is 0.409 e. The molecule has 7 amide bonds. The average molecular weight is 1150 g/mol. The summed E-state index contributed by atoms with van der Waals surface area (Å²) in [7, 11) is 2.99. The van der Waals surface area contributed by atoms with Gasteiger partial charge in [0.2, 0.25) is 23.5 Å². The van der Waals surface area contributed by atoms with Gasteiger partial charge in [-0.1, -0.05) is 69.9 Å². The number of aliphatic hydroxyl groups excluding tert-OH is 1. The summed E-state index contributed by atoms with van der Waals surface area (Å²) in [6.07, 6.45) is 5.34. The maximum atomic E-state index is 14.7. The van der Waals surface area contributed by atoms with E-state index in [9.17, 15) is 48.3 Å². The number of benzene rings is 1. The van der Waals surface area contributed by atoms with E-state index in [0.29, 0.717) is 36.9 Å². The highest BCUT2D eigenvalue weighted by Gasteiger charge is 2.76. The van der Waals surface area contributed by atoms with Gasteiger partial charge in [0, 0.05) is 92.9 Å². The number of likely N-dealkylation sites (N-methyl/N-ethyl adjacent to an activating group) is 2. The van der Waals surface area contributed by atoms with Crippen LogP contribution in [0.4, 0.5) is 20.1 Å². The molecule has 4 aliphatic carbocycles. The fourth-order valence-corrected chi connectivity index (χ4v) is 13.0. The number of ketones is 3. The van der Waals surface area contributed by atoms with E-state index < -0.39 is 107 Å². The fourth-order valence-electron chi connectivity index (χ4n) is 13.0. The first-order valence-corrected chi connectivity index (χ1v) is 28.4. The van der Waals surface area contributed by atoms with Crippen LogP contribution in [0.2, 0.25) is 0 Å². The van der Waals surface area contributed by atoms with Gasteiger partial charge in [0.15, 0.2) is 30.1 Å². The Labute approximate surface area is 478 Å². The second-order valence-corrected chi connectivity index (χ2v) is 23.2. The van der Waals surface area contributed by atoms with Crippen molar-refractivity contribution in [3.05, 3.63) is 64.1 Å². The van der Waals surface area contributed by atoms with Gasteiger partial charge in [-0.25, -0.2) is 14.4 Å². The number of ether oxygens (including phenoxy) is 4. The number of nitrogens with two attached hydrogens (primary N) is 2. The standard InChI is InChI=1S/C57H83N11O14/c1-8-10-47-81-45-29-40-39-17-14-36-28-38(69)20-21-55(36,4)48(39)43(71)30-56(40,5)57(45,82-47)44(72)32-80-54(78)68(7)26-25-67(6)53(77)79-31-34-12-15-37(16-13-34)64-50(74)35(11-9-22-62-52(59)76)27-42(70)49(33(2)3)65-46(73)19-18-41(58)51(75)61-23-24-63-66-60/h12-13,15-16,20-21,28,33,35,39-41,43,45,47-49,71H,8-11,14,17-19,22-27,29-32,58H2,1-7H3,(H,61,75)(H,64,74)(H,65,73)(H3,59,62,76)/t35-,39+,40+,41-,43+,45-,47?,48-,49+,55+,56+,57-/m1/s1. The number of carbonyl (C=O) groups excluding carboxylic acids is 9. The van der Waals surface area contributed by atoms with Gasteiger partial charge in [-0.3, -0.25) is 28.8 Å². The molecule has 1 aromatic carbocycles. The minimum absolute atomic E-state index is 0.0188. The van der Waals surface area contributed by atoms with E-state index in [0.717, 1.165) is 18.4 Å². The molecule has 12 atom stereocenters. The maximum absolute atomic E-state index is 14.7. The second kappa shape index (κ2) is 28.4. The Morgan fingerprint density at radius 2 is 1.67 bits per heavy atom. The first-order valence-electron chi connectivity index (χ1n) is 28.4. The normalized spacial score (nSPS) is 26.9. The minimum Gasteiger partial charge on any atom is -0.445 e. The molecular weight excluding hydrogens is 1060 g/mol. The SMILES string of the molecule is CCCC1O[C@@H]2C[C@H]3[C@@H]4CCC5=CC(=O)C=C[C@]5(C)[C@H]4[C@@H](O)C[C@]3(C)[C@]2(C(=O)COC(=O)N(C)CCN(C)C(=O)OCc2ccc(NC(=O)[C@H](CCCNC(N)=O)CC(=O)[C@@H](NC(=O)CC[C@@H](N)C(=O)NCCN=[N+]=[N-])C(C)C)cc2)O1. The molecule has 1 aromatic rings. The molecule has 1 saturated heterocycles. The average Bonchev–Trinajstić information content (AvgIpc) is 1.56. The predicted molar refractivity (Wildman–Crippen MR) is 299 cm³/mol. The number of urea groups is 1. The number of carbonyl (C=O) groups is 9. The van der Waals surface area contributed by atoms with E-state index in [-0.39, 0.29) is 101 Å². The quantitative estimate of drug-likeness (QED) is 0.0259. The van der Waals surface area contributed by atoms with Crippen LogP contribution in [-0.4, -0.2) is 158 Å². The lowest BCUT2D eigenvalue weighted by molar-refractivity contribution is -0.200. The number of azide groups is 1. The van der Waals surface area contributed by atoms with Crippen molar-refractivity contribution in [3.8, 4) is 0 Å². The third-order valence-corrected chi connectivity index (χ3v) is 17.3. The van der Waals surface area contributed by atoms with Crippen molar-refractivity contribution in [1.82, 2.24) is 25.8 Å². The number of allylic oxidation sites excluding steroid dienone is 4. The number of Topliss-reactive ketones (excluding diaryl/α,β-unsaturated/α-hetero) is 2. The topological polar surface area (TPSA) is 366 Å². The van der Waals surface area contributed by atoms with E-state index >= 15 is 0 Å². The van der Waals surface area contributed by atoms with Crippen LogP contribution in [0.15, 0.2) is 53.2 Å². The molecule has 5 aliphatic rings. The Morgan fingerprint density at radius 1 is 0.976 bits per heavy atom. The molecule has 1 heterocycles. The van der Waals surface area contributed by atoms with Crippen LogP contribution in [0, 0.1) is 40.4 Å². The third kappa shape index (κ3) is 15.0. The molecule has 0 bridgehead atoms. The van der Waals surface area contributed by atoms with Gasteiger partial charge in [0.05, 0.1) is 24.3 Å². The lowest BCUT2D eigenvalue weighted by Gasteiger charge is -2.59. The molecule has 82 heavy (non-hydrogen) atoms. The number of hydrogen-bond donors (Lipinski definition) is 7. The first-order chi connectivity index (χ1) is 38.9. The van der Waals surface area contributed by atoms with E-state index in [4.69, 9.17) is 35.9 Å². The van der Waals surface area contributed by atoms with Gasteiger partial charge in [0.25, 0.3) is 0 Å². The Kier molecular flexibility index (Phi) is 22.2. The Hall–Kier alpha value is -6.92. The molecule has 9 N–H and O–H groups in total. The first kappa shape index (κ1) is 64.3. The Morgan fingerprint density at radius 3 is 2.33 bits per heavy atom. The van der Waals surface area contributed by atoms with Gasteiger partial charge in [-0.2, -0.15) is 0 Å². The highest BCUT2D eigenvalue weighted by atomic mass is 16.7. The zero-order valence-corrected chi connectivity index (χ0v) is 48.2. The molecule has 0 radical (unpaired) electrons. The van der Waals surface area contributed by atoms with Gasteiger partial charge in [-0.15, -0.1) is 0 Å². The Balaban J connectivity index is 0.972. The summed E-state index contributed by atoms with van der Waals surface area (Å²) in [6.45, 7) is 9.20. The van der Waals surface area contributed by atoms with E-state index in [1.165, 1.54) is 23.9 Å². The molecule has 25 heteroatoms. The van der Waals surface area contributed by atoms with Crippen molar-refractivity contribution in [2.24, 2.45) is 57.0 Å². The van der Waals surface area contributed by atoms with Crippen molar-refractivity contribution in [1.29, 1.82) is 0 Å². The number of amides is 7. The molecule has 1 aliphatic heterocycles. The van der Waals surface area contributed by atoms with Crippen molar-refractivity contribution < 1.29 is 67.2 Å². The van der Waals surface area contributed by atoms with E-state index in [2.05, 4.69) is 38.2 Å². The molecule has 6 rings (SSSR count). The highest BCUT2D eigenvalue weighted by Crippen LogP contribution is 2.69. The van der Waals surface area contributed by atoms with Crippen molar-refractivity contribution in [3.63, 3.8) is 0 Å². The molecule has 450 valence electrons. The van der Waals surface area contributed by atoms with Crippen LogP contribution in [0.5, 0.6) is 0 Å². The van der Waals surface area contributed by atoms with Crippen LogP contribution in [0.1, 0.15) is 111 Å². The molecule has 25 nitrogen and oxygen atoms in total. The van der Waals surface area contributed by atoms with Crippen LogP contribution < -0.4 is 32.7 Å². The predicted octanol–water partition coefficient (Wildman–Crippen LogP) is 4.70. The number of anilines is 1. The maximum Gasteiger partial charge on any atom is 0.409 e. The van der Waals surface area contributed by atoms with Crippen LogP contribution in [0.25, 0.3) is 10.4 Å². The van der Waals surface area contributed by atoms with Crippen molar-refractivity contribution in [2.75, 3.05) is 58.7 Å². The van der Waals surface area contributed by atoms with Gasteiger partial charge in [0.1, 0.15) is 6.61 Å². The number of fused-ring (bicyclic) bond motifs is 7. The zero-order chi connectivity index (χ0) is 60.1. The van der Waals surface area contributed by atoms with Crippen LogP contribution >= 0.6 is 0 Å². The monoisotopic (exact) mass is 1150 g/mol. The second-order valence-electron chi connectivity index (χ2n) is 23.2. The summed E-state index contributed by atoms with van der Waals surface area (Å²) in [5.74, 6) is -3.85. The fraction of sp³-hybridized carbons (Fsp3) is 0.667. The van der Waals surface area contributed by atoms with Crippen LogP contribution in [-0.2, 0) is 54.3 Å². The summed E-state index contributed by atoms with van der Waals surface area (Å²) >= 11 is 0. The summed E-state index contributed by atoms with van der Waals surface area (Å²) in [4.78, 5) is 123. The minimum atomic E-state index is -1.46. The molecule has 4 fully saturated rings.